The van der Waals surface area contributed by atoms with Crippen molar-refractivity contribution in [3.8, 4) is 11.3 Å². The van der Waals surface area contributed by atoms with Gasteiger partial charge in [-0.25, -0.2) is 9.97 Å². The largest absolute Gasteiger partial charge is 0.316 e. The first-order chi connectivity index (χ1) is 9.72. The predicted molar refractivity (Wildman–Crippen MR) is 91.8 cm³/mol. The summed E-state index contributed by atoms with van der Waals surface area (Å²) in [6.07, 6.45) is 1.76. The Morgan fingerprint density at radius 2 is 1.95 bits per heavy atom. The minimum absolute atomic E-state index is 0. The third kappa shape index (κ3) is 3.60. The highest BCUT2D eigenvalue weighted by molar-refractivity contribution is 7.14. The first-order valence-electron chi connectivity index (χ1n) is 6.43. The molecule has 0 bridgehead atoms. The van der Waals surface area contributed by atoms with E-state index in [2.05, 4.69) is 52.7 Å². The Labute approximate surface area is 134 Å². The Kier molecular flexibility index (Phi) is 4.94. The van der Waals surface area contributed by atoms with Crippen LogP contribution in [0.15, 0.2) is 48.0 Å². The first-order valence-corrected chi connectivity index (χ1v) is 7.31. The summed E-state index contributed by atoms with van der Waals surface area (Å²) >= 11 is 1.59. The number of aryl methyl sites for hydroxylation is 2. The average Bonchev–Trinajstić information content (AvgIpc) is 2.88. The van der Waals surface area contributed by atoms with Gasteiger partial charge in [-0.3, -0.25) is 0 Å². The third-order valence-electron chi connectivity index (χ3n) is 3.06. The summed E-state index contributed by atoms with van der Waals surface area (Å²) in [5, 5.41) is 6.15. The number of aromatic nitrogens is 2. The number of anilines is 2. The molecular weight excluding hydrogens is 302 g/mol. The van der Waals surface area contributed by atoms with Gasteiger partial charge in [0.05, 0.1) is 5.69 Å². The van der Waals surface area contributed by atoms with Crippen LogP contribution >= 0.6 is 23.7 Å². The Morgan fingerprint density at radius 3 is 2.67 bits per heavy atom. The van der Waals surface area contributed by atoms with Gasteiger partial charge in [0.15, 0.2) is 5.13 Å². The second-order valence-corrected chi connectivity index (χ2v) is 5.55. The highest BCUT2D eigenvalue weighted by Crippen LogP contribution is 2.29. The molecule has 0 amide bonds. The molecular formula is C16H16ClN3S. The molecule has 108 valence electrons. The third-order valence-corrected chi connectivity index (χ3v) is 3.82. The number of nitrogens with zero attached hydrogens (tertiary/aromatic N) is 2. The number of hydrogen-bond acceptors (Lipinski definition) is 4. The lowest BCUT2D eigenvalue weighted by Crippen LogP contribution is -1.92. The maximum Gasteiger partial charge on any atom is 0.188 e. The van der Waals surface area contributed by atoms with E-state index in [-0.39, 0.29) is 12.4 Å². The van der Waals surface area contributed by atoms with E-state index >= 15 is 0 Å². The van der Waals surface area contributed by atoms with Crippen molar-refractivity contribution in [1.82, 2.24) is 9.97 Å². The lowest BCUT2D eigenvalue weighted by Gasteiger charge is -2.03. The van der Waals surface area contributed by atoms with E-state index in [1.54, 1.807) is 17.5 Å². The second kappa shape index (κ2) is 6.70. The van der Waals surface area contributed by atoms with Crippen LogP contribution in [-0.2, 0) is 0 Å². The van der Waals surface area contributed by atoms with Gasteiger partial charge in [0.1, 0.15) is 5.82 Å². The summed E-state index contributed by atoms with van der Waals surface area (Å²) in [7, 11) is 0. The van der Waals surface area contributed by atoms with Crippen LogP contribution in [0.25, 0.3) is 11.3 Å². The Hall–Kier alpha value is -1.91. The van der Waals surface area contributed by atoms with E-state index in [4.69, 9.17) is 0 Å². The molecule has 5 heteroatoms. The number of nitrogens with one attached hydrogen (secondary N) is 1. The van der Waals surface area contributed by atoms with Crippen LogP contribution in [0.4, 0.5) is 10.9 Å². The van der Waals surface area contributed by atoms with Crippen molar-refractivity contribution in [3.63, 3.8) is 0 Å². The lowest BCUT2D eigenvalue weighted by molar-refractivity contribution is 1.28. The molecule has 21 heavy (non-hydrogen) atoms. The molecule has 0 radical (unpaired) electrons. The SMILES string of the molecule is Cc1ccc(-c2csc(Nc3ccccn3)n2)c(C)c1.Cl. The zero-order valence-corrected chi connectivity index (χ0v) is 13.5. The predicted octanol–water partition coefficient (Wildman–Crippen LogP) is 4.99. The van der Waals surface area contributed by atoms with E-state index in [1.165, 1.54) is 16.7 Å². The van der Waals surface area contributed by atoms with Crippen LogP contribution in [0.1, 0.15) is 11.1 Å². The van der Waals surface area contributed by atoms with Crippen molar-refractivity contribution in [2.45, 2.75) is 13.8 Å². The molecule has 1 N–H and O–H groups in total. The van der Waals surface area contributed by atoms with Crippen molar-refractivity contribution in [2.75, 3.05) is 5.32 Å². The molecule has 0 spiro atoms. The average molecular weight is 318 g/mol. The number of thiazole rings is 1. The molecule has 0 fully saturated rings. The minimum Gasteiger partial charge on any atom is -0.316 e. The van der Waals surface area contributed by atoms with Gasteiger partial charge in [0.2, 0.25) is 0 Å². The van der Waals surface area contributed by atoms with Gasteiger partial charge in [-0.1, -0.05) is 29.8 Å². The first kappa shape index (κ1) is 15.5. The Balaban J connectivity index is 0.00000161. The van der Waals surface area contributed by atoms with Crippen LogP contribution in [-0.4, -0.2) is 9.97 Å². The maximum absolute atomic E-state index is 4.63. The zero-order chi connectivity index (χ0) is 13.9. The fourth-order valence-electron chi connectivity index (χ4n) is 2.10. The monoisotopic (exact) mass is 317 g/mol. The summed E-state index contributed by atoms with van der Waals surface area (Å²) in [6, 6.07) is 12.2. The molecule has 0 saturated heterocycles. The molecule has 2 aromatic heterocycles. The Bertz CT molecular complexity index is 725. The van der Waals surface area contributed by atoms with Gasteiger partial charge in [-0.15, -0.1) is 23.7 Å². The molecule has 0 atom stereocenters. The molecule has 0 aliphatic carbocycles. The normalized spacial score (nSPS) is 10.0. The maximum atomic E-state index is 4.63. The van der Waals surface area contributed by atoms with Crippen LogP contribution in [0.3, 0.4) is 0 Å². The topological polar surface area (TPSA) is 37.8 Å². The molecule has 3 rings (SSSR count). The zero-order valence-electron chi connectivity index (χ0n) is 11.8. The van der Waals surface area contributed by atoms with Gasteiger partial charge >= 0.3 is 0 Å². The highest BCUT2D eigenvalue weighted by Gasteiger charge is 2.07. The van der Waals surface area contributed by atoms with Gasteiger partial charge in [0.25, 0.3) is 0 Å². The van der Waals surface area contributed by atoms with Crippen LogP contribution in [0.2, 0.25) is 0 Å². The lowest BCUT2D eigenvalue weighted by atomic mass is 10.0. The number of rotatable bonds is 3. The molecule has 0 aliphatic heterocycles. The molecule has 3 nitrogen and oxygen atoms in total. The Morgan fingerprint density at radius 1 is 1.10 bits per heavy atom. The fourth-order valence-corrected chi connectivity index (χ4v) is 2.82. The molecule has 0 unspecified atom stereocenters. The summed E-state index contributed by atoms with van der Waals surface area (Å²) < 4.78 is 0. The van der Waals surface area contributed by atoms with E-state index in [0.29, 0.717) is 0 Å². The number of pyridine rings is 1. The van der Waals surface area contributed by atoms with Gasteiger partial charge < -0.3 is 5.32 Å². The van der Waals surface area contributed by atoms with E-state index in [9.17, 15) is 0 Å². The van der Waals surface area contributed by atoms with Gasteiger partial charge in [0, 0.05) is 17.1 Å². The standard InChI is InChI=1S/C16H15N3S.ClH/c1-11-6-7-13(12(2)9-11)14-10-20-16(18-14)19-15-5-3-4-8-17-15;/h3-10H,1-2H3,(H,17,18,19);1H. The quantitative estimate of drug-likeness (QED) is 0.739. The van der Waals surface area contributed by atoms with Crippen molar-refractivity contribution < 1.29 is 0 Å². The number of halogens is 1. The summed E-state index contributed by atoms with van der Waals surface area (Å²) in [5.41, 5.74) is 4.71. The van der Waals surface area contributed by atoms with Crippen molar-refractivity contribution in [3.05, 3.63) is 59.1 Å². The highest BCUT2D eigenvalue weighted by atomic mass is 35.5. The van der Waals surface area contributed by atoms with Crippen LogP contribution in [0, 0.1) is 13.8 Å². The van der Waals surface area contributed by atoms with E-state index in [0.717, 1.165) is 16.6 Å². The molecule has 0 saturated carbocycles. The second-order valence-electron chi connectivity index (χ2n) is 4.70. The summed E-state index contributed by atoms with van der Waals surface area (Å²) in [5.74, 6) is 0.814. The number of benzene rings is 1. The summed E-state index contributed by atoms with van der Waals surface area (Å²) in [6.45, 7) is 4.22. The van der Waals surface area contributed by atoms with Crippen molar-refractivity contribution >= 4 is 34.7 Å². The van der Waals surface area contributed by atoms with E-state index < -0.39 is 0 Å². The molecule has 0 aliphatic rings. The van der Waals surface area contributed by atoms with Crippen molar-refractivity contribution in [1.29, 1.82) is 0 Å². The number of hydrogen-bond donors (Lipinski definition) is 1. The van der Waals surface area contributed by atoms with E-state index in [1.807, 2.05) is 18.2 Å². The van der Waals surface area contributed by atoms with Crippen LogP contribution < -0.4 is 5.32 Å². The smallest absolute Gasteiger partial charge is 0.188 e. The van der Waals surface area contributed by atoms with Crippen molar-refractivity contribution in [2.24, 2.45) is 0 Å². The fraction of sp³-hybridized carbons (Fsp3) is 0.125. The molecule has 3 aromatic rings. The molecule has 1 aromatic carbocycles. The minimum atomic E-state index is 0. The molecule has 2 heterocycles. The van der Waals surface area contributed by atoms with Crippen LogP contribution in [0.5, 0.6) is 0 Å². The van der Waals surface area contributed by atoms with Gasteiger partial charge in [-0.05, 0) is 31.5 Å². The summed E-state index contributed by atoms with van der Waals surface area (Å²) in [4.78, 5) is 8.87. The van der Waals surface area contributed by atoms with Gasteiger partial charge in [-0.2, -0.15) is 0 Å².